The molecule has 1 aliphatic heterocycles. The number of amides is 1. The van der Waals surface area contributed by atoms with Crippen LogP contribution in [0.15, 0.2) is 36.4 Å². The van der Waals surface area contributed by atoms with Crippen molar-refractivity contribution in [2.24, 2.45) is 0 Å². The summed E-state index contributed by atoms with van der Waals surface area (Å²) in [5, 5.41) is 13.6. The first kappa shape index (κ1) is 15.6. The Kier molecular flexibility index (Phi) is 4.19. The lowest BCUT2D eigenvalue weighted by atomic mass is 10.2. The summed E-state index contributed by atoms with van der Waals surface area (Å²) in [5.74, 6) is 0.762. The first-order chi connectivity index (χ1) is 11.5. The summed E-state index contributed by atoms with van der Waals surface area (Å²) < 4.78 is 15.7. The minimum Gasteiger partial charge on any atom is -0.477 e. The van der Waals surface area contributed by atoms with Gasteiger partial charge in [-0.3, -0.25) is 14.9 Å². The maximum Gasteiger partial charge on any atom is 0.311 e. The summed E-state index contributed by atoms with van der Waals surface area (Å²) in [6.07, 6.45) is 0. The van der Waals surface area contributed by atoms with Crippen molar-refractivity contribution in [1.82, 2.24) is 0 Å². The third-order valence-electron chi connectivity index (χ3n) is 3.33. The normalized spacial score (nSPS) is 11.9. The van der Waals surface area contributed by atoms with Crippen LogP contribution in [-0.2, 0) is 4.79 Å². The summed E-state index contributed by atoms with van der Waals surface area (Å²) >= 11 is 0. The number of carbonyl (C=O) groups excluding carboxylic acids is 1. The van der Waals surface area contributed by atoms with Crippen LogP contribution < -0.4 is 19.5 Å². The standard InChI is InChI=1S/C16H14N2O6/c1-10-2-4-13(12(6-10)18(20)21)22-8-16(19)17-11-3-5-14-15(7-11)24-9-23-14/h2-7H,8-9H2,1H3,(H,17,19). The minimum atomic E-state index is -0.544. The van der Waals surface area contributed by atoms with Crippen molar-refractivity contribution in [3.63, 3.8) is 0 Å². The number of hydrogen-bond donors (Lipinski definition) is 1. The Morgan fingerprint density at radius 2 is 2.04 bits per heavy atom. The second-order valence-electron chi connectivity index (χ2n) is 5.13. The van der Waals surface area contributed by atoms with Crippen molar-refractivity contribution in [1.29, 1.82) is 0 Å². The number of nitrogens with one attached hydrogen (secondary N) is 1. The van der Waals surface area contributed by atoms with E-state index in [1.807, 2.05) is 0 Å². The Morgan fingerprint density at radius 3 is 2.83 bits per heavy atom. The fourth-order valence-corrected chi connectivity index (χ4v) is 2.21. The molecule has 24 heavy (non-hydrogen) atoms. The van der Waals surface area contributed by atoms with Crippen molar-refractivity contribution in [2.45, 2.75) is 6.92 Å². The Balaban J connectivity index is 1.63. The average Bonchev–Trinajstić information content (AvgIpc) is 3.01. The predicted molar refractivity (Wildman–Crippen MR) is 84.5 cm³/mol. The molecule has 0 radical (unpaired) electrons. The summed E-state index contributed by atoms with van der Waals surface area (Å²) in [6, 6.07) is 9.53. The molecule has 0 saturated heterocycles. The lowest BCUT2D eigenvalue weighted by Crippen LogP contribution is -2.20. The summed E-state index contributed by atoms with van der Waals surface area (Å²) in [6.45, 7) is 1.54. The molecule has 124 valence electrons. The third-order valence-corrected chi connectivity index (χ3v) is 3.33. The van der Waals surface area contributed by atoms with E-state index in [0.29, 0.717) is 17.2 Å². The molecule has 0 aliphatic carbocycles. The number of nitrogens with zero attached hydrogens (tertiary/aromatic N) is 1. The van der Waals surface area contributed by atoms with Crippen molar-refractivity contribution >= 4 is 17.3 Å². The fraction of sp³-hybridized carbons (Fsp3) is 0.188. The molecule has 8 heteroatoms. The molecule has 8 nitrogen and oxygen atoms in total. The van der Waals surface area contributed by atoms with Crippen molar-refractivity contribution in [3.8, 4) is 17.2 Å². The van der Waals surface area contributed by atoms with Gasteiger partial charge in [-0.15, -0.1) is 0 Å². The topological polar surface area (TPSA) is 99.9 Å². The first-order valence-corrected chi connectivity index (χ1v) is 7.10. The van der Waals surface area contributed by atoms with Crippen LogP contribution in [0.1, 0.15) is 5.56 Å². The van der Waals surface area contributed by atoms with Gasteiger partial charge in [0, 0.05) is 17.8 Å². The number of fused-ring (bicyclic) bond motifs is 1. The number of carbonyl (C=O) groups is 1. The van der Waals surface area contributed by atoms with Gasteiger partial charge in [0.2, 0.25) is 6.79 Å². The van der Waals surface area contributed by atoms with E-state index in [-0.39, 0.29) is 24.8 Å². The molecule has 3 rings (SSSR count). The van der Waals surface area contributed by atoms with E-state index in [0.717, 1.165) is 5.56 Å². The Bertz CT molecular complexity index is 805. The molecule has 1 heterocycles. The SMILES string of the molecule is Cc1ccc(OCC(=O)Nc2ccc3c(c2)OCO3)c([N+](=O)[O-])c1. The molecule has 0 aromatic heterocycles. The number of anilines is 1. The predicted octanol–water partition coefficient (Wildman–Crippen LogP) is 2.65. The molecule has 0 fully saturated rings. The smallest absolute Gasteiger partial charge is 0.311 e. The zero-order chi connectivity index (χ0) is 17.1. The molecular formula is C16H14N2O6. The van der Waals surface area contributed by atoms with Gasteiger partial charge in [-0.05, 0) is 30.7 Å². The van der Waals surface area contributed by atoms with Crippen LogP contribution in [0.5, 0.6) is 17.2 Å². The minimum absolute atomic E-state index is 0.0476. The van der Waals surface area contributed by atoms with Crippen LogP contribution in [-0.4, -0.2) is 24.2 Å². The fourth-order valence-electron chi connectivity index (χ4n) is 2.21. The van der Waals surface area contributed by atoms with Gasteiger partial charge in [0.15, 0.2) is 23.9 Å². The molecule has 2 aromatic rings. The monoisotopic (exact) mass is 330 g/mol. The molecule has 0 bridgehead atoms. The zero-order valence-corrected chi connectivity index (χ0v) is 12.8. The van der Waals surface area contributed by atoms with Crippen LogP contribution >= 0.6 is 0 Å². The van der Waals surface area contributed by atoms with Crippen LogP contribution in [0, 0.1) is 17.0 Å². The van der Waals surface area contributed by atoms with Crippen molar-refractivity contribution in [2.75, 3.05) is 18.7 Å². The summed E-state index contributed by atoms with van der Waals surface area (Å²) in [7, 11) is 0. The molecule has 0 saturated carbocycles. The quantitative estimate of drug-likeness (QED) is 0.668. The number of hydrogen-bond acceptors (Lipinski definition) is 6. The second kappa shape index (κ2) is 6.45. The average molecular weight is 330 g/mol. The highest BCUT2D eigenvalue weighted by atomic mass is 16.7. The summed E-state index contributed by atoms with van der Waals surface area (Å²) in [5.41, 5.74) is 1.08. The van der Waals surface area contributed by atoms with Crippen LogP contribution in [0.3, 0.4) is 0 Å². The van der Waals surface area contributed by atoms with Gasteiger partial charge < -0.3 is 19.5 Å². The van der Waals surface area contributed by atoms with E-state index < -0.39 is 10.8 Å². The molecule has 1 aliphatic rings. The van der Waals surface area contributed by atoms with E-state index in [9.17, 15) is 14.9 Å². The maximum atomic E-state index is 12.0. The molecular weight excluding hydrogens is 316 g/mol. The Hall–Kier alpha value is -3.29. The number of rotatable bonds is 5. The largest absolute Gasteiger partial charge is 0.477 e. The van der Waals surface area contributed by atoms with Gasteiger partial charge in [-0.2, -0.15) is 0 Å². The zero-order valence-electron chi connectivity index (χ0n) is 12.8. The van der Waals surface area contributed by atoms with Gasteiger partial charge in [-0.1, -0.05) is 6.07 Å². The Labute approximate surface area is 137 Å². The van der Waals surface area contributed by atoms with Gasteiger partial charge in [-0.25, -0.2) is 0 Å². The van der Waals surface area contributed by atoms with Crippen LogP contribution in [0.25, 0.3) is 0 Å². The first-order valence-electron chi connectivity index (χ1n) is 7.10. The van der Waals surface area contributed by atoms with Gasteiger partial charge in [0.1, 0.15) is 0 Å². The highest BCUT2D eigenvalue weighted by molar-refractivity contribution is 5.92. The van der Waals surface area contributed by atoms with Gasteiger partial charge >= 0.3 is 5.69 Å². The lowest BCUT2D eigenvalue weighted by Gasteiger charge is -2.09. The number of nitro groups is 1. The number of nitro benzene ring substituents is 1. The second-order valence-corrected chi connectivity index (χ2v) is 5.13. The molecule has 0 atom stereocenters. The summed E-state index contributed by atoms with van der Waals surface area (Å²) in [4.78, 5) is 22.4. The number of aryl methyl sites for hydroxylation is 1. The van der Waals surface area contributed by atoms with Crippen molar-refractivity contribution < 1.29 is 23.9 Å². The number of ether oxygens (including phenoxy) is 3. The van der Waals surface area contributed by atoms with E-state index in [1.54, 1.807) is 31.2 Å². The molecule has 0 unspecified atom stereocenters. The highest BCUT2D eigenvalue weighted by Crippen LogP contribution is 2.34. The van der Waals surface area contributed by atoms with E-state index >= 15 is 0 Å². The van der Waals surface area contributed by atoms with Gasteiger partial charge in [0.05, 0.1) is 4.92 Å². The van der Waals surface area contributed by atoms with E-state index in [2.05, 4.69) is 5.32 Å². The third kappa shape index (κ3) is 3.37. The molecule has 1 N–H and O–H groups in total. The molecule has 2 aromatic carbocycles. The maximum absolute atomic E-state index is 12.0. The molecule has 1 amide bonds. The highest BCUT2D eigenvalue weighted by Gasteiger charge is 2.17. The lowest BCUT2D eigenvalue weighted by molar-refractivity contribution is -0.385. The number of benzene rings is 2. The van der Waals surface area contributed by atoms with Crippen LogP contribution in [0.2, 0.25) is 0 Å². The Morgan fingerprint density at radius 1 is 1.25 bits per heavy atom. The molecule has 0 spiro atoms. The van der Waals surface area contributed by atoms with E-state index in [4.69, 9.17) is 14.2 Å². The van der Waals surface area contributed by atoms with Gasteiger partial charge in [0.25, 0.3) is 5.91 Å². The van der Waals surface area contributed by atoms with E-state index in [1.165, 1.54) is 12.1 Å². The van der Waals surface area contributed by atoms with Crippen molar-refractivity contribution in [3.05, 3.63) is 52.1 Å². The van der Waals surface area contributed by atoms with Crippen LogP contribution in [0.4, 0.5) is 11.4 Å².